The molecule has 0 fully saturated rings. The molecule has 4 aromatic rings. The second-order valence-corrected chi connectivity index (χ2v) is 9.43. The summed E-state index contributed by atoms with van der Waals surface area (Å²) in [5.41, 5.74) is 4.61. The number of hydrogen-bond acceptors (Lipinski definition) is 5. The molecule has 1 amide bonds. The lowest BCUT2D eigenvalue weighted by Crippen LogP contribution is -2.29. The minimum Gasteiger partial charge on any atom is -0.503 e. The zero-order chi connectivity index (χ0) is 24.3. The monoisotopic (exact) mass is 519 g/mol. The SMILES string of the molecule is COc1cc(C2c3c(oc4cc(C)c(C)cc4c3=O)C(=O)N2c2ccc(C)cc2)cc(Br)c1O. The van der Waals surface area contributed by atoms with E-state index < -0.39 is 11.9 Å². The molecule has 34 heavy (non-hydrogen) atoms. The average molecular weight is 520 g/mol. The maximum Gasteiger partial charge on any atom is 0.295 e. The van der Waals surface area contributed by atoms with Crippen molar-refractivity contribution in [1.29, 1.82) is 0 Å². The fourth-order valence-electron chi connectivity index (χ4n) is 4.42. The highest BCUT2D eigenvalue weighted by Crippen LogP contribution is 2.45. The van der Waals surface area contributed by atoms with Crippen LogP contribution >= 0.6 is 15.9 Å². The Morgan fingerprint density at radius 3 is 2.35 bits per heavy atom. The maximum atomic E-state index is 13.8. The van der Waals surface area contributed by atoms with Crippen molar-refractivity contribution in [3.63, 3.8) is 0 Å². The van der Waals surface area contributed by atoms with Gasteiger partial charge in [0, 0.05) is 5.69 Å². The van der Waals surface area contributed by atoms with Crippen LogP contribution in [0, 0.1) is 20.8 Å². The number of nitrogens with zero attached hydrogens (tertiary/aromatic N) is 1. The number of methoxy groups -OCH3 is 1. The molecule has 2 heterocycles. The number of rotatable bonds is 3. The summed E-state index contributed by atoms with van der Waals surface area (Å²) in [4.78, 5) is 29.1. The lowest BCUT2D eigenvalue weighted by Gasteiger charge is -2.26. The average Bonchev–Trinajstić information content (AvgIpc) is 3.10. The third-order valence-electron chi connectivity index (χ3n) is 6.39. The van der Waals surface area contributed by atoms with Crippen molar-refractivity contribution in [2.75, 3.05) is 12.0 Å². The van der Waals surface area contributed by atoms with Crippen LogP contribution in [0.5, 0.6) is 11.5 Å². The van der Waals surface area contributed by atoms with Crippen molar-refractivity contribution in [2.45, 2.75) is 26.8 Å². The number of aryl methyl sites for hydroxylation is 3. The number of carbonyl (C=O) groups excluding carboxylic acids is 1. The van der Waals surface area contributed by atoms with Crippen LogP contribution in [-0.4, -0.2) is 18.1 Å². The van der Waals surface area contributed by atoms with Gasteiger partial charge in [0.2, 0.25) is 5.76 Å². The Balaban J connectivity index is 1.85. The molecule has 5 rings (SSSR count). The van der Waals surface area contributed by atoms with Crippen LogP contribution in [-0.2, 0) is 0 Å². The molecule has 1 atom stereocenters. The number of carbonyl (C=O) groups is 1. The van der Waals surface area contributed by atoms with Gasteiger partial charge in [-0.3, -0.25) is 14.5 Å². The molecule has 1 N–H and O–H groups in total. The Morgan fingerprint density at radius 2 is 1.68 bits per heavy atom. The van der Waals surface area contributed by atoms with Gasteiger partial charge in [0.25, 0.3) is 5.91 Å². The summed E-state index contributed by atoms with van der Waals surface area (Å²) in [5, 5.41) is 10.8. The van der Waals surface area contributed by atoms with Crippen LogP contribution < -0.4 is 15.1 Å². The molecule has 1 aliphatic rings. The van der Waals surface area contributed by atoms with Gasteiger partial charge in [0.1, 0.15) is 5.58 Å². The second kappa shape index (κ2) is 8.02. The minimum absolute atomic E-state index is 0.0227. The fraction of sp³-hybridized carbons (Fsp3) is 0.185. The highest BCUT2D eigenvalue weighted by atomic mass is 79.9. The number of hydrogen-bond donors (Lipinski definition) is 1. The standard InChI is InChI=1S/C27H22BrNO5/c1-13-5-7-17(8-6-13)29-23(16-11-19(28)25(31)21(12-16)33-4)22-24(30)18-9-14(2)15(3)10-20(18)34-26(22)27(29)32/h5-12,23,31H,1-4H3. The molecule has 3 aromatic carbocycles. The predicted molar refractivity (Wildman–Crippen MR) is 134 cm³/mol. The summed E-state index contributed by atoms with van der Waals surface area (Å²) in [5.74, 6) is -0.209. The summed E-state index contributed by atoms with van der Waals surface area (Å²) < 4.78 is 11.8. The number of fused-ring (bicyclic) bond motifs is 2. The van der Waals surface area contributed by atoms with E-state index in [2.05, 4.69) is 15.9 Å². The third-order valence-corrected chi connectivity index (χ3v) is 6.99. The van der Waals surface area contributed by atoms with E-state index in [-0.39, 0.29) is 28.3 Å². The summed E-state index contributed by atoms with van der Waals surface area (Å²) >= 11 is 3.37. The molecule has 1 aliphatic heterocycles. The van der Waals surface area contributed by atoms with Crippen LogP contribution in [0.3, 0.4) is 0 Å². The van der Waals surface area contributed by atoms with E-state index >= 15 is 0 Å². The molecular weight excluding hydrogens is 498 g/mol. The molecule has 7 heteroatoms. The first kappa shape index (κ1) is 22.2. The zero-order valence-electron chi connectivity index (χ0n) is 19.1. The molecule has 0 saturated heterocycles. The Kier molecular flexibility index (Phi) is 5.24. The van der Waals surface area contributed by atoms with E-state index in [1.807, 2.05) is 45.0 Å². The summed E-state index contributed by atoms with van der Waals surface area (Å²) in [7, 11) is 1.45. The van der Waals surface area contributed by atoms with E-state index in [4.69, 9.17) is 9.15 Å². The number of ether oxygens (including phenoxy) is 1. The fourth-order valence-corrected chi connectivity index (χ4v) is 4.88. The molecule has 1 unspecified atom stereocenters. The Morgan fingerprint density at radius 1 is 1.00 bits per heavy atom. The Bertz CT molecular complexity index is 1540. The van der Waals surface area contributed by atoms with Gasteiger partial charge in [-0.15, -0.1) is 0 Å². The maximum absolute atomic E-state index is 13.8. The van der Waals surface area contributed by atoms with Crippen LogP contribution in [0.2, 0.25) is 0 Å². The number of anilines is 1. The quantitative estimate of drug-likeness (QED) is 0.362. The van der Waals surface area contributed by atoms with Crippen LogP contribution in [0.25, 0.3) is 11.0 Å². The number of benzene rings is 3. The summed E-state index contributed by atoms with van der Waals surface area (Å²) in [6.45, 7) is 5.84. The van der Waals surface area contributed by atoms with Gasteiger partial charge in [0.05, 0.1) is 28.6 Å². The van der Waals surface area contributed by atoms with Crippen molar-refractivity contribution in [3.8, 4) is 11.5 Å². The first-order valence-electron chi connectivity index (χ1n) is 10.8. The van der Waals surface area contributed by atoms with Gasteiger partial charge in [-0.25, -0.2) is 0 Å². The van der Waals surface area contributed by atoms with Gasteiger partial charge in [0.15, 0.2) is 16.9 Å². The van der Waals surface area contributed by atoms with Crippen molar-refractivity contribution in [3.05, 3.63) is 96.8 Å². The lowest BCUT2D eigenvalue weighted by molar-refractivity contribution is 0.0971. The first-order chi connectivity index (χ1) is 16.2. The second-order valence-electron chi connectivity index (χ2n) is 8.57. The van der Waals surface area contributed by atoms with E-state index in [1.165, 1.54) is 7.11 Å². The normalized spacial score (nSPS) is 15.1. The summed E-state index contributed by atoms with van der Waals surface area (Å²) in [6, 6.07) is 13.7. The molecule has 172 valence electrons. The largest absolute Gasteiger partial charge is 0.503 e. The van der Waals surface area contributed by atoms with Gasteiger partial charge in [-0.05, 0) is 89.8 Å². The van der Waals surface area contributed by atoms with Crippen molar-refractivity contribution < 1.29 is 19.1 Å². The van der Waals surface area contributed by atoms with E-state index in [9.17, 15) is 14.7 Å². The van der Waals surface area contributed by atoms with Crippen LogP contribution in [0.1, 0.15) is 44.4 Å². The molecule has 0 saturated carbocycles. The van der Waals surface area contributed by atoms with Gasteiger partial charge >= 0.3 is 0 Å². The van der Waals surface area contributed by atoms with Crippen molar-refractivity contribution in [1.82, 2.24) is 0 Å². The molecular formula is C27H22BrNO5. The number of phenolic OH excluding ortho intramolecular Hbond substituents is 1. The molecule has 0 spiro atoms. The predicted octanol–water partition coefficient (Wildman–Crippen LogP) is 5.94. The zero-order valence-corrected chi connectivity index (χ0v) is 20.7. The van der Waals surface area contributed by atoms with Crippen molar-refractivity contribution >= 4 is 38.5 Å². The van der Waals surface area contributed by atoms with E-state index in [0.29, 0.717) is 26.7 Å². The van der Waals surface area contributed by atoms with Gasteiger partial charge < -0.3 is 14.3 Å². The smallest absolute Gasteiger partial charge is 0.295 e. The van der Waals surface area contributed by atoms with E-state index in [1.54, 1.807) is 29.2 Å². The highest BCUT2D eigenvalue weighted by Gasteiger charge is 2.44. The van der Waals surface area contributed by atoms with Crippen molar-refractivity contribution in [2.24, 2.45) is 0 Å². The van der Waals surface area contributed by atoms with Crippen LogP contribution in [0.4, 0.5) is 5.69 Å². The molecule has 6 nitrogen and oxygen atoms in total. The lowest BCUT2D eigenvalue weighted by atomic mass is 9.97. The number of phenols is 1. The van der Waals surface area contributed by atoms with Gasteiger partial charge in [-0.1, -0.05) is 17.7 Å². The Labute approximate surface area is 204 Å². The molecule has 1 aromatic heterocycles. The van der Waals surface area contributed by atoms with E-state index in [0.717, 1.165) is 16.7 Å². The van der Waals surface area contributed by atoms with Gasteiger partial charge in [-0.2, -0.15) is 0 Å². The minimum atomic E-state index is -0.765. The molecule has 0 bridgehead atoms. The Hall–Kier alpha value is -3.58. The first-order valence-corrected chi connectivity index (χ1v) is 11.5. The number of halogens is 1. The number of aromatic hydroxyl groups is 1. The summed E-state index contributed by atoms with van der Waals surface area (Å²) in [6.07, 6.45) is 0. The molecule has 0 radical (unpaired) electrons. The highest BCUT2D eigenvalue weighted by molar-refractivity contribution is 9.10. The van der Waals surface area contributed by atoms with Crippen LogP contribution in [0.15, 0.2) is 62.2 Å². The third kappa shape index (κ3) is 3.30. The topological polar surface area (TPSA) is 80.0 Å². The number of amides is 1. The molecule has 0 aliphatic carbocycles.